The third-order valence-corrected chi connectivity index (χ3v) is 4.78. The number of likely N-dealkylation sites (tertiary alicyclic amines) is 1. The maximum absolute atomic E-state index is 13.5. The van der Waals surface area contributed by atoms with E-state index in [2.05, 4.69) is 4.98 Å². The molecule has 0 radical (unpaired) electrons. The molecule has 0 N–H and O–H groups in total. The Morgan fingerprint density at radius 3 is 2.92 bits per heavy atom. The van der Waals surface area contributed by atoms with Gasteiger partial charge in [0.25, 0.3) is 5.91 Å². The largest absolute Gasteiger partial charge is 0.381 e. The highest BCUT2D eigenvalue weighted by atomic mass is 19.1. The Hall–Kier alpha value is -2.27. The van der Waals surface area contributed by atoms with E-state index in [1.807, 2.05) is 24.0 Å². The summed E-state index contributed by atoms with van der Waals surface area (Å²) < 4.78 is 19.1. The van der Waals surface area contributed by atoms with Crippen LogP contribution < -0.4 is 0 Å². The van der Waals surface area contributed by atoms with E-state index in [4.69, 9.17) is 4.74 Å². The van der Waals surface area contributed by atoms with Gasteiger partial charge in [-0.05, 0) is 49.6 Å². The topological polar surface area (TPSA) is 42.4 Å². The highest BCUT2D eigenvalue weighted by Crippen LogP contribution is 2.25. The lowest BCUT2D eigenvalue weighted by Crippen LogP contribution is -2.47. The van der Waals surface area contributed by atoms with Crippen LogP contribution in [0.1, 0.15) is 28.0 Å². The number of rotatable bonds is 4. The molecule has 5 heteroatoms. The van der Waals surface area contributed by atoms with Crippen molar-refractivity contribution in [3.63, 3.8) is 0 Å². The number of hydrogen-bond donors (Lipinski definition) is 0. The first kappa shape index (κ1) is 17.5. The van der Waals surface area contributed by atoms with Gasteiger partial charge in [0.1, 0.15) is 5.82 Å². The monoisotopic (exact) mass is 342 g/mol. The summed E-state index contributed by atoms with van der Waals surface area (Å²) in [4.78, 5) is 18.8. The standard InChI is InChI=1S/C20H23FN2O2/c1-14-10-16(6-8-22-14)20(24)23-9-7-19(25-2)17(13-23)11-15-4-3-5-18(21)12-15/h3-6,8,10,12,17,19H,7,9,11,13H2,1-2H3/t17-,19+/m1/s1. The van der Waals surface area contributed by atoms with Crippen LogP contribution in [0, 0.1) is 18.7 Å². The molecular weight excluding hydrogens is 319 g/mol. The highest BCUT2D eigenvalue weighted by Gasteiger charge is 2.32. The lowest BCUT2D eigenvalue weighted by atomic mass is 9.88. The van der Waals surface area contributed by atoms with Crippen LogP contribution in [-0.4, -0.2) is 42.1 Å². The van der Waals surface area contributed by atoms with E-state index in [1.165, 1.54) is 6.07 Å². The van der Waals surface area contributed by atoms with Gasteiger partial charge < -0.3 is 9.64 Å². The zero-order valence-corrected chi connectivity index (χ0v) is 14.6. The predicted molar refractivity (Wildman–Crippen MR) is 93.9 cm³/mol. The van der Waals surface area contributed by atoms with Crippen LogP contribution in [0.4, 0.5) is 4.39 Å². The van der Waals surface area contributed by atoms with Gasteiger partial charge in [-0.2, -0.15) is 0 Å². The number of piperidine rings is 1. The molecule has 2 heterocycles. The zero-order chi connectivity index (χ0) is 17.8. The van der Waals surface area contributed by atoms with Crippen molar-refractivity contribution in [1.29, 1.82) is 0 Å². The summed E-state index contributed by atoms with van der Waals surface area (Å²) in [6, 6.07) is 10.2. The van der Waals surface area contributed by atoms with Crippen molar-refractivity contribution < 1.29 is 13.9 Å². The molecule has 1 aromatic carbocycles. The third kappa shape index (κ3) is 4.23. The maximum atomic E-state index is 13.5. The van der Waals surface area contributed by atoms with Gasteiger partial charge in [0, 0.05) is 43.6 Å². The second kappa shape index (κ2) is 7.74. The molecule has 0 unspecified atom stereocenters. The molecule has 1 aromatic heterocycles. The van der Waals surface area contributed by atoms with E-state index in [9.17, 15) is 9.18 Å². The first-order chi connectivity index (χ1) is 12.1. The first-order valence-electron chi connectivity index (χ1n) is 8.56. The summed E-state index contributed by atoms with van der Waals surface area (Å²) in [6.45, 7) is 3.15. The number of methoxy groups -OCH3 is 1. The van der Waals surface area contributed by atoms with Crippen LogP contribution >= 0.6 is 0 Å². The van der Waals surface area contributed by atoms with Gasteiger partial charge >= 0.3 is 0 Å². The molecule has 1 fully saturated rings. The summed E-state index contributed by atoms with van der Waals surface area (Å²) >= 11 is 0. The van der Waals surface area contributed by atoms with Crippen molar-refractivity contribution in [2.45, 2.75) is 25.9 Å². The normalized spacial score (nSPS) is 20.5. The summed E-state index contributed by atoms with van der Waals surface area (Å²) in [5, 5.41) is 0. The molecule has 3 rings (SSSR count). The van der Waals surface area contributed by atoms with Gasteiger partial charge in [-0.25, -0.2) is 4.39 Å². The summed E-state index contributed by atoms with van der Waals surface area (Å²) in [5.74, 6) is -0.0702. The number of pyridine rings is 1. The molecule has 0 aliphatic carbocycles. The van der Waals surface area contributed by atoms with Crippen LogP contribution in [0.5, 0.6) is 0 Å². The van der Waals surface area contributed by atoms with Crippen molar-refractivity contribution in [3.8, 4) is 0 Å². The molecule has 1 aliphatic heterocycles. The van der Waals surface area contributed by atoms with Gasteiger partial charge in [-0.1, -0.05) is 12.1 Å². The molecule has 1 amide bonds. The lowest BCUT2D eigenvalue weighted by molar-refractivity contribution is -0.00302. The molecule has 4 nitrogen and oxygen atoms in total. The number of carbonyl (C=O) groups is 1. The van der Waals surface area contributed by atoms with Crippen LogP contribution in [0.2, 0.25) is 0 Å². The van der Waals surface area contributed by atoms with Gasteiger partial charge in [-0.3, -0.25) is 9.78 Å². The molecule has 25 heavy (non-hydrogen) atoms. The fourth-order valence-electron chi connectivity index (χ4n) is 3.53. The van der Waals surface area contributed by atoms with Crippen molar-refractivity contribution >= 4 is 5.91 Å². The zero-order valence-electron chi connectivity index (χ0n) is 14.6. The average molecular weight is 342 g/mol. The Balaban J connectivity index is 1.74. The van der Waals surface area contributed by atoms with E-state index in [0.29, 0.717) is 25.1 Å². The van der Waals surface area contributed by atoms with Crippen molar-refractivity contribution in [2.75, 3.05) is 20.2 Å². The highest BCUT2D eigenvalue weighted by molar-refractivity contribution is 5.94. The minimum atomic E-state index is -0.234. The maximum Gasteiger partial charge on any atom is 0.253 e. The number of carbonyl (C=O) groups excluding carboxylic acids is 1. The average Bonchev–Trinajstić information content (AvgIpc) is 2.61. The Labute approximate surface area is 147 Å². The Morgan fingerprint density at radius 2 is 2.20 bits per heavy atom. The van der Waals surface area contributed by atoms with Crippen molar-refractivity contribution in [2.24, 2.45) is 5.92 Å². The van der Waals surface area contributed by atoms with E-state index in [-0.39, 0.29) is 23.7 Å². The second-order valence-corrected chi connectivity index (χ2v) is 6.59. The number of aryl methyl sites for hydroxylation is 1. The van der Waals surface area contributed by atoms with Crippen LogP contribution in [0.25, 0.3) is 0 Å². The molecule has 0 bridgehead atoms. The number of halogens is 1. The van der Waals surface area contributed by atoms with E-state index < -0.39 is 0 Å². The molecule has 1 saturated heterocycles. The number of benzene rings is 1. The van der Waals surface area contributed by atoms with E-state index >= 15 is 0 Å². The molecule has 0 spiro atoms. The number of nitrogens with zero attached hydrogens (tertiary/aromatic N) is 2. The summed E-state index contributed by atoms with van der Waals surface area (Å²) in [6.07, 6.45) is 3.21. The second-order valence-electron chi connectivity index (χ2n) is 6.59. The molecule has 1 aliphatic rings. The quantitative estimate of drug-likeness (QED) is 0.857. The van der Waals surface area contributed by atoms with Crippen molar-refractivity contribution in [1.82, 2.24) is 9.88 Å². The first-order valence-corrected chi connectivity index (χ1v) is 8.56. The molecular formula is C20H23FN2O2. The molecule has 2 aromatic rings. The summed E-state index contributed by atoms with van der Waals surface area (Å²) in [5.41, 5.74) is 2.42. The van der Waals surface area contributed by atoms with Gasteiger partial charge in [0.2, 0.25) is 0 Å². The molecule has 2 atom stereocenters. The minimum Gasteiger partial charge on any atom is -0.381 e. The van der Waals surface area contributed by atoms with Crippen LogP contribution in [0.3, 0.4) is 0 Å². The fourth-order valence-corrected chi connectivity index (χ4v) is 3.53. The molecule has 0 saturated carbocycles. The van der Waals surface area contributed by atoms with Gasteiger partial charge in [0.15, 0.2) is 0 Å². The van der Waals surface area contributed by atoms with E-state index in [0.717, 1.165) is 17.7 Å². The smallest absolute Gasteiger partial charge is 0.253 e. The van der Waals surface area contributed by atoms with Gasteiger partial charge in [-0.15, -0.1) is 0 Å². The van der Waals surface area contributed by atoms with Crippen LogP contribution in [0.15, 0.2) is 42.6 Å². The Bertz CT molecular complexity index is 750. The number of ether oxygens (including phenoxy) is 1. The Kier molecular flexibility index (Phi) is 5.43. The lowest BCUT2D eigenvalue weighted by Gasteiger charge is -2.38. The third-order valence-electron chi connectivity index (χ3n) is 4.78. The SMILES string of the molecule is CO[C@H]1CCN(C(=O)c2ccnc(C)c2)C[C@H]1Cc1cccc(F)c1. The number of aromatic nitrogens is 1. The fraction of sp³-hybridized carbons (Fsp3) is 0.400. The van der Waals surface area contributed by atoms with Gasteiger partial charge in [0.05, 0.1) is 6.10 Å². The van der Waals surface area contributed by atoms with Crippen molar-refractivity contribution in [3.05, 3.63) is 65.2 Å². The Morgan fingerprint density at radius 1 is 1.36 bits per heavy atom. The minimum absolute atomic E-state index is 0.0179. The molecule has 132 valence electrons. The van der Waals surface area contributed by atoms with E-state index in [1.54, 1.807) is 31.5 Å². The number of hydrogen-bond acceptors (Lipinski definition) is 3. The van der Waals surface area contributed by atoms with Crippen LogP contribution in [-0.2, 0) is 11.2 Å². The predicted octanol–water partition coefficient (Wildman–Crippen LogP) is 3.25. The number of amides is 1. The summed E-state index contributed by atoms with van der Waals surface area (Å²) in [7, 11) is 1.70.